The van der Waals surface area contributed by atoms with E-state index in [2.05, 4.69) is 10.4 Å². The molecule has 108 valence electrons. The minimum Gasteiger partial charge on any atom is -0.335 e. The maximum Gasteiger partial charge on any atom is 0.127 e. The summed E-state index contributed by atoms with van der Waals surface area (Å²) in [6.07, 6.45) is 4.70. The van der Waals surface area contributed by atoms with E-state index in [-0.39, 0.29) is 11.9 Å². The molecule has 0 aliphatic carbocycles. The number of halogens is 2. The summed E-state index contributed by atoms with van der Waals surface area (Å²) < 4.78 is 15.8. The highest BCUT2D eigenvalue weighted by molar-refractivity contribution is 6.31. The standard InChI is InChI=1S/C14H18ClFN4/c1-2-20-7-6-18-14(20)9-10(19-17)8-11-12(15)4-3-5-13(11)16/h3-7,10,19H,2,8-9,17H2,1H3. The van der Waals surface area contributed by atoms with Crippen molar-refractivity contribution < 1.29 is 4.39 Å². The Labute approximate surface area is 122 Å². The van der Waals surface area contributed by atoms with Crippen LogP contribution in [-0.4, -0.2) is 15.6 Å². The van der Waals surface area contributed by atoms with Crippen LogP contribution in [0.25, 0.3) is 0 Å². The molecule has 1 heterocycles. The molecule has 2 rings (SSSR count). The molecular weight excluding hydrogens is 279 g/mol. The quantitative estimate of drug-likeness (QED) is 0.635. The fourth-order valence-electron chi connectivity index (χ4n) is 2.20. The van der Waals surface area contributed by atoms with Gasteiger partial charge in [-0.15, -0.1) is 0 Å². The zero-order valence-electron chi connectivity index (χ0n) is 11.3. The maximum atomic E-state index is 13.8. The highest BCUT2D eigenvalue weighted by atomic mass is 35.5. The Balaban J connectivity index is 2.13. The van der Waals surface area contributed by atoms with E-state index in [1.165, 1.54) is 6.07 Å². The predicted molar refractivity (Wildman–Crippen MR) is 77.8 cm³/mol. The molecule has 2 aromatic rings. The van der Waals surface area contributed by atoms with Crippen molar-refractivity contribution in [1.82, 2.24) is 15.0 Å². The van der Waals surface area contributed by atoms with Crippen LogP contribution in [0.1, 0.15) is 18.3 Å². The minimum absolute atomic E-state index is 0.128. The first-order valence-corrected chi connectivity index (χ1v) is 6.92. The topological polar surface area (TPSA) is 55.9 Å². The van der Waals surface area contributed by atoms with Crippen LogP contribution in [0, 0.1) is 5.82 Å². The molecule has 1 aromatic heterocycles. The number of nitrogens with zero attached hydrogens (tertiary/aromatic N) is 2. The van der Waals surface area contributed by atoms with Crippen LogP contribution >= 0.6 is 11.6 Å². The number of nitrogens with two attached hydrogens (primary N) is 1. The second kappa shape index (κ2) is 6.83. The third-order valence-electron chi connectivity index (χ3n) is 3.32. The lowest BCUT2D eigenvalue weighted by molar-refractivity contribution is 0.488. The highest BCUT2D eigenvalue weighted by Crippen LogP contribution is 2.21. The van der Waals surface area contributed by atoms with Gasteiger partial charge in [-0.25, -0.2) is 9.37 Å². The van der Waals surface area contributed by atoms with Crippen molar-refractivity contribution in [3.8, 4) is 0 Å². The molecule has 0 saturated heterocycles. The van der Waals surface area contributed by atoms with Crippen LogP contribution in [0.2, 0.25) is 5.02 Å². The Kier molecular flexibility index (Phi) is 5.11. The second-order valence-corrected chi connectivity index (χ2v) is 5.01. The molecule has 1 atom stereocenters. The number of hydrogen-bond donors (Lipinski definition) is 2. The largest absolute Gasteiger partial charge is 0.335 e. The molecule has 4 nitrogen and oxygen atoms in total. The number of benzene rings is 1. The van der Waals surface area contributed by atoms with E-state index in [0.717, 1.165) is 12.4 Å². The predicted octanol–water partition coefficient (Wildman–Crippen LogP) is 2.31. The fourth-order valence-corrected chi connectivity index (χ4v) is 2.44. The Bertz CT molecular complexity index is 550. The zero-order valence-corrected chi connectivity index (χ0v) is 12.1. The molecule has 0 radical (unpaired) electrons. The Hall–Kier alpha value is -1.43. The van der Waals surface area contributed by atoms with Crippen molar-refractivity contribution in [1.29, 1.82) is 0 Å². The van der Waals surface area contributed by atoms with Gasteiger partial charge in [0.2, 0.25) is 0 Å². The first-order valence-electron chi connectivity index (χ1n) is 6.54. The van der Waals surface area contributed by atoms with E-state index in [0.29, 0.717) is 23.4 Å². The lowest BCUT2D eigenvalue weighted by Gasteiger charge is -2.17. The molecule has 6 heteroatoms. The van der Waals surface area contributed by atoms with Crippen molar-refractivity contribution in [2.24, 2.45) is 5.84 Å². The van der Waals surface area contributed by atoms with Gasteiger partial charge in [0.05, 0.1) is 0 Å². The van der Waals surface area contributed by atoms with Gasteiger partial charge in [0.1, 0.15) is 11.6 Å². The molecule has 3 N–H and O–H groups in total. The van der Waals surface area contributed by atoms with Gasteiger partial charge in [0, 0.05) is 42.0 Å². The lowest BCUT2D eigenvalue weighted by atomic mass is 10.0. The molecule has 0 fully saturated rings. The van der Waals surface area contributed by atoms with Gasteiger partial charge in [-0.3, -0.25) is 11.3 Å². The van der Waals surface area contributed by atoms with Crippen LogP contribution in [0.5, 0.6) is 0 Å². The Morgan fingerprint density at radius 3 is 2.90 bits per heavy atom. The molecule has 0 aliphatic rings. The molecule has 0 amide bonds. The molecule has 0 saturated carbocycles. The molecule has 0 bridgehead atoms. The number of rotatable bonds is 6. The van der Waals surface area contributed by atoms with Gasteiger partial charge in [-0.05, 0) is 25.5 Å². The molecule has 20 heavy (non-hydrogen) atoms. The van der Waals surface area contributed by atoms with E-state index >= 15 is 0 Å². The van der Waals surface area contributed by atoms with E-state index < -0.39 is 0 Å². The molecule has 1 unspecified atom stereocenters. The monoisotopic (exact) mass is 296 g/mol. The summed E-state index contributed by atoms with van der Waals surface area (Å²) in [5, 5.41) is 0.420. The summed E-state index contributed by atoms with van der Waals surface area (Å²) >= 11 is 6.04. The SMILES string of the molecule is CCn1ccnc1CC(Cc1c(F)cccc1Cl)NN. The van der Waals surface area contributed by atoms with E-state index in [1.807, 2.05) is 17.7 Å². The van der Waals surface area contributed by atoms with Crippen LogP contribution in [-0.2, 0) is 19.4 Å². The van der Waals surface area contributed by atoms with Gasteiger partial charge < -0.3 is 4.57 Å². The van der Waals surface area contributed by atoms with Crippen molar-refractivity contribution >= 4 is 11.6 Å². The first kappa shape index (κ1) is 15.0. The summed E-state index contributed by atoms with van der Waals surface area (Å²) in [7, 11) is 0. The molecule has 0 aliphatic heterocycles. The average molecular weight is 297 g/mol. The van der Waals surface area contributed by atoms with Gasteiger partial charge in [0.15, 0.2) is 0 Å². The Morgan fingerprint density at radius 2 is 2.25 bits per heavy atom. The normalized spacial score (nSPS) is 12.6. The molecule has 1 aromatic carbocycles. The van der Waals surface area contributed by atoms with E-state index in [1.54, 1.807) is 18.3 Å². The number of imidazole rings is 1. The summed E-state index contributed by atoms with van der Waals surface area (Å²) in [4.78, 5) is 4.30. The van der Waals surface area contributed by atoms with E-state index in [9.17, 15) is 4.39 Å². The highest BCUT2D eigenvalue weighted by Gasteiger charge is 2.16. The number of nitrogens with one attached hydrogen (secondary N) is 1. The maximum absolute atomic E-state index is 13.8. The van der Waals surface area contributed by atoms with Crippen molar-refractivity contribution in [2.75, 3.05) is 0 Å². The number of aromatic nitrogens is 2. The van der Waals surface area contributed by atoms with Crippen molar-refractivity contribution in [3.63, 3.8) is 0 Å². The van der Waals surface area contributed by atoms with Crippen LogP contribution in [0.15, 0.2) is 30.6 Å². The van der Waals surface area contributed by atoms with E-state index in [4.69, 9.17) is 17.4 Å². The first-order chi connectivity index (χ1) is 9.65. The molecule has 0 spiro atoms. The van der Waals surface area contributed by atoms with Crippen LogP contribution in [0.4, 0.5) is 4.39 Å². The van der Waals surface area contributed by atoms with Gasteiger partial charge in [-0.1, -0.05) is 17.7 Å². The number of aryl methyl sites for hydroxylation is 1. The fraction of sp³-hybridized carbons (Fsp3) is 0.357. The lowest BCUT2D eigenvalue weighted by Crippen LogP contribution is -2.39. The smallest absolute Gasteiger partial charge is 0.127 e. The zero-order chi connectivity index (χ0) is 14.5. The summed E-state index contributed by atoms with van der Waals surface area (Å²) in [6.45, 7) is 2.89. The van der Waals surface area contributed by atoms with Crippen LogP contribution < -0.4 is 11.3 Å². The third-order valence-corrected chi connectivity index (χ3v) is 3.67. The van der Waals surface area contributed by atoms with Crippen molar-refractivity contribution in [3.05, 3.63) is 52.8 Å². The molecular formula is C14H18ClFN4. The summed E-state index contributed by atoms with van der Waals surface area (Å²) in [5.74, 6) is 6.19. The Morgan fingerprint density at radius 1 is 1.45 bits per heavy atom. The second-order valence-electron chi connectivity index (χ2n) is 4.60. The van der Waals surface area contributed by atoms with Gasteiger partial charge in [0.25, 0.3) is 0 Å². The van der Waals surface area contributed by atoms with Gasteiger partial charge in [-0.2, -0.15) is 0 Å². The number of hydrazine groups is 1. The van der Waals surface area contributed by atoms with Gasteiger partial charge >= 0.3 is 0 Å². The third kappa shape index (κ3) is 3.36. The average Bonchev–Trinajstić information content (AvgIpc) is 2.88. The minimum atomic E-state index is -0.309. The summed E-state index contributed by atoms with van der Waals surface area (Å²) in [5.41, 5.74) is 3.19. The summed E-state index contributed by atoms with van der Waals surface area (Å²) in [6, 6.07) is 4.55. The van der Waals surface area contributed by atoms with Crippen LogP contribution in [0.3, 0.4) is 0 Å². The number of hydrogen-bond acceptors (Lipinski definition) is 3. The van der Waals surface area contributed by atoms with Crippen molar-refractivity contribution in [2.45, 2.75) is 32.4 Å².